The van der Waals surface area contributed by atoms with Crippen LogP contribution in [0.2, 0.25) is 0 Å². The van der Waals surface area contributed by atoms with Gasteiger partial charge in [-0.1, -0.05) is 0 Å². The molecule has 1 aromatic carbocycles. The van der Waals surface area contributed by atoms with Crippen molar-refractivity contribution in [2.75, 3.05) is 6.61 Å². The summed E-state index contributed by atoms with van der Waals surface area (Å²) in [6, 6.07) is 7.08. The van der Waals surface area contributed by atoms with Gasteiger partial charge in [0.15, 0.2) is 0 Å². The van der Waals surface area contributed by atoms with Gasteiger partial charge in [-0.05, 0) is 82.3 Å². The molecule has 1 amide bonds. The van der Waals surface area contributed by atoms with Gasteiger partial charge in [-0.25, -0.2) is 0 Å². The van der Waals surface area contributed by atoms with Crippen molar-refractivity contribution in [1.29, 1.82) is 0 Å². The van der Waals surface area contributed by atoms with Crippen molar-refractivity contribution in [2.45, 2.75) is 77.3 Å². The highest BCUT2D eigenvalue weighted by atomic mass is 16.5. The number of nitrogens with one attached hydrogen (secondary N) is 1. The Morgan fingerprint density at radius 1 is 1.21 bits per heavy atom. The lowest BCUT2D eigenvalue weighted by Crippen LogP contribution is -2.31. The highest BCUT2D eigenvalue weighted by molar-refractivity contribution is 5.79. The molecule has 5 heteroatoms. The Kier molecular flexibility index (Phi) is 5.88. The first-order valence-electron chi connectivity index (χ1n) is 11.0. The van der Waals surface area contributed by atoms with E-state index < -0.39 is 0 Å². The van der Waals surface area contributed by atoms with Crippen LogP contribution in [0.4, 0.5) is 0 Å². The summed E-state index contributed by atoms with van der Waals surface area (Å²) < 4.78 is 8.09. The van der Waals surface area contributed by atoms with E-state index in [2.05, 4.69) is 41.3 Å². The topological polar surface area (TPSA) is 56.2 Å². The zero-order valence-electron chi connectivity index (χ0n) is 17.2. The van der Waals surface area contributed by atoms with E-state index in [0.29, 0.717) is 6.04 Å². The first-order valence-corrected chi connectivity index (χ1v) is 11.0. The zero-order chi connectivity index (χ0) is 19.5. The molecule has 0 radical (unpaired) electrons. The van der Waals surface area contributed by atoms with Crippen LogP contribution in [0, 0.1) is 11.8 Å². The fraction of sp³-hybridized carbons (Fsp3) is 0.652. The van der Waals surface area contributed by atoms with Crippen molar-refractivity contribution in [3.8, 4) is 5.75 Å². The minimum absolute atomic E-state index is 0.0723. The maximum absolute atomic E-state index is 11.1. The van der Waals surface area contributed by atoms with Crippen molar-refractivity contribution in [3.05, 3.63) is 24.4 Å². The van der Waals surface area contributed by atoms with Crippen molar-refractivity contribution in [3.63, 3.8) is 0 Å². The summed E-state index contributed by atoms with van der Waals surface area (Å²) in [6.07, 6.45) is 12.0. The predicted octanol–water partition coefficient (Wildman–Crippen LogP) is 4.86. The van der Waals surface area contributed by atoms with E-state index in [-0.39, 0.29) is 11.9 Å². The number of hydrogen-bond donors (Lipinski definition) is 1. The molecule has 2 fully saturated rings. The van der Waals surface area contributed by atoms with Gasteiger partial charge in [0, 0.05) is 30.6 Å². The maximum atomic E-state index is 11.1. The molecule has 0 aliphatic heterocycles. The summed E-state index contributed by atoms with van der Waals surface area (Å²) in [6.45, 7) is 4.54. The van der Waals surface area contributed by atoms with Crippen molar-refractivity contribution < 1.29 is 9.53 Å². The van der Waals surface area contributed by atoms with Gasteiger partial charge in [0.2, 0.25) is 5.91 Å². The van der Waals surface area contributed by atoms with E-state index in [1.165, 1.54) is 50.3 Å². The van der Waals surface area contributed by atoms with Crippen LogP contribution in [-0.4, -0.2) is 28.3 Å². The lowest BCUT2D eigenvalue weighted by Gasteiger charge is -2.29. The van der Waals surface area contributed by atoms with E-state index in [1.54, 1.807) is 6.92 Å². The van der Waals surface area contributed by atoms with Gasteiger partial charge in [0.05, 0.1) is 18.2 Å². The Morgan fingerprint density at radius 3 is 2.68 bits per heavy atom. The average molecular weight is 384 g/mol. The van der Waals surface area contributed by atoms with E-state index in [0.717, 1.165) is 36.1 Å². The van der Waals surface area contributed by atoms with Crippen molar-refractivity contribution in [2.24, 2.45) is 11.8 Å². The molecule has 28 heavy (non-hydrogen) atoms. The zero-order valence-corrected chi connectivity index (χ0v) is 17.2. The molecule has 1 N–H and O–H groups in total. The second-order valence-corrected chi connectivity index (χ2v) is 8.94. The molecule has 5 nitrogen and oxygen atoms in total. The summed E-state index contributed by atoms with van der Waals surface area (Å²) in [5.74, 6) is 2.56. The number of carbonyl (C=O) groups is 1. The monoisotopic (exact) mass is 383 g/mol. The molecule has 2 aliphatic rings. The number of ether oxygens (including phenoxy) is 1. The third kappa shape index (κ3) is 5.06. The summed E-state index contributed by atoms with van der Waals surface area (Å²) in [4.78, 5) is 11.1. The summed E-state index contributed by atoms with van der Waals surface area (Å²) >= 11 is 0. The van der Waals surface area contributed by atoms with Crippen molar-refractivity contribution in [1.82, 2.24) is 15.1 Å². The Hall–Kier alpha value is -2.04. The second-order valence-electron chi connectivity index (χ2n) is 8.94. The molecule has 1 unspecified atom stereocenters. The highest BCUT2D eigenvalue weighted by Crippen LogP contribution is 2.35. The van der Waals surface area contributed by atoms with E-state index in [9.17, 15) is 4.79 Å². The fourth-order valence-electron chi connectivity index (χ4n) is 4.39. The highest BCUT2D eigenvalue weighted by Gasteiger charge is 2.24. The van der Waals surface area contributed by atoms with Gasteiger partial charge in [0.25, 0.3) is 0 Å². The molecule has 0 saturated heterocycles. The molecule has 0 spiro atoms. The average Bonchev–Trinajstić information content (AvgIpc) is 3.41. The van der Waals surface area contributed by atoms with Crippen LogP contribution in [0.3, 0.4) is 0 Å². The van der Waals surface area contributed by atoms with Crippen LogP contribution in [0.1, 0.15) is 71.3 Å². The summed E-state index contributed by atoms with van der Waals surface area (Å²) in [5.41, 5.74) is 1.04. The lowest BCUT2D eigenvalue weighted by molar-refractivity contribution is -0.119. The van der Waals surface area contributed by atoms with E-state index >= 15 is 0 Å². The number of fused-ring (bicyclic) bond motifs is 1. The Labute approximate surface area is 167 Å². The molecule has 2 aromatic rings. The van der Waals surface area contributed by atoms with E-state index in [1.807, 2.05) is 0 Å². The minimum atomic E-state index is 0.0723. The van der Waals surface area contributed by atoms with Crippen molar-refractivity contribution >= 4 is 16.8 Å². The van der Waals surface area contributed by atoms with Gasteiger partial charge < -0.3 is 10.1 Å². The quantitative estimate of drug-likeness (QED) is 0.708. The molecule has 1 aromatic heterocycles. The molecule has 0 bridgehead atoms. The SMILES string of the molecule is CC(=O)NC(C)CC[C@H]1CC[C@H](n2cc3ccc(OCC4CC4)cc3n2)CC1. The molecule has 1 atom stereocenters. The second kappa shape index (κ2) is 8.54. The number of hydrogen-bond acceptors (Lipinski definition) is 3. The van der Waals surface area contributed by atoms with E-state index in [4.69, 9.17) is 9.84 Å². The third-order valence-corrected chi connectivity index (χ3v) is 6.33. The van der Waals surface area contributed by atoms with Crippen LogP contribution < -0.4 is 10.1 Å². The molecular weight excluding hydrogens is 350 g/mol. The van der Waals surface area contributed by atoms with Gasteiger partial charge in [0.1, 0.15) is 5.75 Å². The van der Waals surface area contributed by atoms with Crippen LogP contribution in [0.5, 0.6) is 5.75 Å². The number of rotatable bonds is 8. The number of carbonyl (C=O) groups excluding carboxylic acids is 1. The number of benzene rings is 1. The normalized spacial score (nSPS) is 23.5. The first-order chi connectivity index (χ1) is 13.6. The largest absolute Gasteiger partial charge is 0.493 e. The van der Waals surface area contributed by atoms with Crippen LogP contribution in [-0.2, 0) is 4.79 Å². The van der Waals surface area contributed by atoms with Gasteiger partial charge in [-0.15, -0.1) is 0 Å². The Morgan fingerprint density at radius 2 is 1.96 bits per heavy atom. The maximum Gasteiger partial charge on any atom is 0.217 e. The van der Waals surface area contributed by atoms with Crippen LogP contribution >= 0.6 is 0 Å². The van der Waals surface area contributed by atoms with Gasteiger partial charge >= 0.3 is 0 Å². The molecule has 152 valence electrons. The summed E-state index contributed by atoms with van der Waals surface area (Å²) in [7, 11) is 0. The molecular formula is C23H33N3O2. The van der Waals surface area contributed by atoms with Crippen LogP contribution in [0.25, 0.3) is 10.9 Å². The minimum Gasteiger partial charge on any atom is -0.493 e. The molecule has 1 heterocycles. The standard InChI is InChI=1S/C23H33N3O2/c1-16(24-17(2)27)3-4-18-7-10-21(11-8-18)26-14-20-9-12-22(13-23(20)25-26)28-15-19-5-6-19/h9,12-14,16,18-19,21H,3-8,10-11,15H2,1-2H3,(H,24,27)/t16?,18-,21-. The Balaban J connectivity index is 1.29. The molecule has 2 aliphatic carbocycles. The Bertz CT molecular complexity index is 803. The molecule has 2 saturated carbocycles. The fourth-order valence-corrected chi connectivity index (χ4v) is 4.39. The summed E-state index contributed by atoms with van der Waals surface area (Å²) in [5, 5.41) is 9.05. The van der Waals surface area contributed by atoms with Crippen LogP contribution in [0.15, 0.2) is 24.4 Å². The molecule has 4 rings (SSSR count). The smallest absolute Gasteiger partial charge is 0.217 e. The van der Waals surface area contributed by atoms with Gasteiger partial charge in [-0.3, -0.25) is 9.48 Å². The lowest BCUT2D eigenvalue weighted by atomic mass is 9.83. The third-order valence-electron chi connectivity index (χ3n) is 6.33. The number of nitrogens with zero attached hydrogens (tertiary/aromatic N) is 2. The first kappa shape index (κ1) is 19.3. The predicted molar refractivity (Wildman–Crippen MR) is 111 cm³/mol. The number of aromatic nitrogens is 2. The number of amides is 1. The van der Waals surface area contributed by atoms with Gasteiger partial charge in [-0.2, -0.15) is 5.10 Å².